The van der Waals surface area contributed by atoms with Crippen LogP contribution in [0.5, 0.6) is 5.75 Å². The van der Waals surface area contributed by atoms with Gasteiger partial charge in [0, 0.05) is 23.4 Å². The van der Waals surface area contributed by atoms with E-state index in [4.69, 9.17) is 9.84 Å². The highest BCUT2D eigenvalue weighted by molar-refractivity contribution is 9.10. The average molecular weight is 398 g/mol. The second-order valence-corrected chi connectivity index (χ2v) is 7.99. The van der Waals surface area contributed by atoms with E-state index in [2.05, 4.69) is 20.7 Å². The third-order valence-electron chi connectivity index (χ3n) is 2.48. The van der Waals surface area contributed by atoms with Crippen molar-refractivity contribution in [2.45, 2.75) is 18.2 Å². The van der Waals surface area contributed by atoms with Crippen molar-refractivity contribution in [2.24, 2.45) is 0 Å². The minimum Gasteiger partial charge on any atom is -0.492 e. The van der Waals surface area contributed by atoms with Gasteiger partial charge in [-0.05, 0) is 37.3 Å². The predicted molar refractivity (Wildman–Crippen MR) is 89.5 cm³/mol. The molecule has 0 aliphatic carbocycles. The molecule has 0 aliphatic rings. The molecule has 0 amide bonds. The Balaban J connectivity index is 2.67. The minimum atomic E-state index is -3.60. The zero-order valence-corrected chi connectivity index (χ0v) is 15.1. The molecule has 0 bridgehead atoms. The molecule has 0 saturated carbocycles. The topological polar surface area (TPSA) is 75.6 Å². The van der Waals surface area contributed by atoms with E-state index in [0.717, 1.165) is 12.2 Å². The highest BCUT2D eigenvalue weighted by Crippen LogP contribution is 2.27. The zero-order valence-electron chi connectivity index (χ0n) is 11.8. The van der Waals surface area contributed by atoms with Gasteiger partial charge < -0.3 is 9.84 Å². The number of hydrogen-bond acceptors (Lipinski definition) is 5. The SMILES string of the molecule is CCOc1ccc(Br)cc1S(=O)(=O)NCCSCCCO. The van der Waals surface area contributed by atoms with Gasteiger partial charge in [0.15, 0.2) is 0 Å². The molecular weight excluding hydrogens is 378 g/mol. The molecule has 5 nitrogen and oxygen atoms in total. The Kier molecular flexibility index (Phi) is 8.65. The van der Waals surface area contributed by atoms with Crippen molar-refractivity contribution >= 4 is 37.7 Å². The van der Waals surface area contributed by atoms with Crippen LogP contribution in [-0.4, -0.2) is 44.8 Å². The first-order valence-electron chi connectivity index (χ1n) is 6.62. The molecule has 1 rings (SSSR count). The van der Waals surface area contributed by atoms with E-state index in [-0.39, 0.29) is 11.5 Å². The van der Waals surface area contributed by atoms with E-state index in [1.807, 2.05) is 6.92 Å². The monoisotopic (exact) mass is 397 g/mol. The Morgan fingerprint density at radius 3 is 2.81 bits per heavy atom. The molecule has 0 unspecified atom stereocenters. The van der Waals surface area contributed by atoms with Gasteiger partial charge in [-0.3, -0.25) is 0 Å². The smallest absolute Gasteiger partial charge is 0.244 e. The fraction of sp³-hybridized carbons (Fsp3) is 0.538. The van der Waals surface area contributed by atoms with Crippen LogP contribution in [-0.2, 0) is 10.0 Å². The van der Waals surface area contributed by atoms with Crippen molar-refractivity contribution in [2.75, 3.05) is 31.3 Å². The van der Waals surface area contributed by atoms with E-state index in [1.54, 1.807) is 23.9 Å². The summed E-state index contributed by atoms with van der Waals surface area (Å²) < 4.78 is 33.2. The van der Waals surface area contributed by atoms with Crippen LogP contribution < -0.4 is 9.46 Å². The lowest BCUT2D eigenvalue weighted by Crippen LogP contribution is -2.26. The molecular formula is C13H20BrNO4S2. The summed E-state index contributed by atoms with van der Waals surface area (Å²) in [4.78, 5) is 0.138. The molecule has 0 saturated heterocycles. The fourth-order valence-electron chi connectivity index (χ4n) is 1.56. The number of nitrogens with one attached hydrogen (secondary N) is 1. The second-order valence-electron chi connectivity index (χ2n) is 4.11. The van der Waals surface area contributed by atoms with Crippen LogP contribution in [0.4, 0.5) is 0 Å². The van der Waals surface area contributed by atoms with Crippen LogP contribution in [0, 0.1) is 0 Å². The van der Waals surface area contributed by atoms with Gasteiger partial charge in [-0.15, -0.1) is 0 Å². The summed E-state index contributed by atoms with van der Waals surface area (Å²) in [5, 5.41) is 8.66. The van der Waals surface area contributed by atoms with E-state index in [1.165, 1.54) is 6.07 Å². The van der Waals surface area contributed by atoms with Gasteiger partial charge in [0.2, 0.25) is 10.0 Å². The number of aliphatic hydroxyl groups excluding tert-OH is 1. The Labute approximate surface area is 138 Å². The first-order chi connectivity index (χ1) is 10.0. The average Bonchev–Trinajstić information content (AvgIpc) is 2.45. The Morgan fingerprint density at radius 2 is 2.14 bits per heavy atom. The summed E-state index contributed by atoms with van der Waals surface area (Å²) in [6.45, 7) is 2.72. The molecule has 2 N–H and O–H groups in total. The van der Waals surface area contributed by atoms with Crippen molar-refractivity contribution in [1.82, 2.24) is 4.72 Å². The molecule has 21 heavy (non-hydrogen) atoms. The quantitative estimate of drug-likeness (QED) is 0.592. The molecule has 0 radical (unpaired) electrons. The zero-order chi connectivity index (χ0) is 15.7. The largest absolute Gasteiger partial charge is 0.492 e. The predicted octanol–water partition coefficient (Wildman–Crippen LogP) is 2.24. The van der Waals surface area contributed by atoms with Crippen LogP contribution in [0.3, 0.4) is 0 Å². The van der Waals surface area contributed by atoms with Crippen molar-refractivity contribution in [1.29, 1.82) is 0 Å². The molecule has 0 spiro atoms. The molecule has 0 aromatic heterocycles. The van der Waals surface area contributed by atoms with E-state index < -0.39 is 10.0 Å². The minimum absolute atomic E-state index is 0.138. The fourth-order valence-corrected chi connectivity index (χ4v) is 4.19. The van der Waals surface area contributed by atoms with Crippen LogP contribution in [0.25, 0.3) is 0 Å². The lowest BCUT2D eigenvalue weighted by Gasteiger charge is -2.12. The van der Waals surface area contributed by atoms with Crippen LogP contribution >= 0.6 is 27.7 Å². The maximum Gasteiger partial charge on any atom is 0.244 e. The van der Waals surface area contributed by atoms with E-state index in [9.17, 15) is 8.42 Å². The van der Waals surface area contributed by atoms with Crippen molar-refractivity contribution in [3.05, 3.63) is 22.7 Å². The number of sulfonamides is 1. The number of aliphatic hydroxyl groups is 1. The number of hydrogen-bond donors (Lipinski definition) is 2. The molecule has 1 aromatic carbocycles. The van der Waals surface area contributed by atoms with Crippen LogP contribution in [0.2, 0.25) is 0 Å². The summed E-state index contributed by atoms with van der Waals surface area (Å²) in [6.07, 6.45) is 0.720. The first-order valence-corrected chi connectivity index (χ1v) is 10.0. The summed E-state index contributed by atoms with van der Waals surface area (Å²) >= 11 is 4.88. The Morgan fingerprint density at radius 1 is 1.38 bits per heavy atom. The molecule has 0 heterocycles. The van der Waals surface area contributed by atoms with Gasteiger partial charge in [0.1, 0.15) is 10.6 Å². The van der Waals surface area contributed by atoms with Gasteiger partial charge >= 0.3 is 0 Å². The van der Waals surface area contributed by atoms with Crippen molar-refractivity contribution in [3.8, 4) is 5.75 Å². The highest BCUT2D eigenvalue weighted by atomic mass is 79.9. The molecule has 0 fully saturated rings. The van der Waals surface area contributed by atoms with Gasteiger partial charge in [-0.1, -0.05) is 15.9 Å². The van der Waals surface area contributed by atoms with Gasteiger partial charge in [0.25, 0.3) is 0 Å². The molecule has 1 aromatic rings. The maximum absolute atomic E-state index is 12.3. The van der Waals surface area contributed by atoms with Crippen molar-refractivity contribution in [3.63, 3.8) is 0 Å². The van der Waals surface area contributed by atoms with Crippen LogP contribution in [0.1, 0.15) is 13.3 Å². The molecule has 0 atom stereocenters. The maximum atomic E-state index is 12.3. The van der Waals surface area contributed by atoms with Gasteiger partial charge in [-0.2, -0.15) is 11.8 Å². The summed E-state index contributed by atoms with van der Waals surface area (Å²) in [5.41, 5.74) is 0. The molecule has 120 valence electrons. The molecule has 8 heteroatoms. The number of rotatable bonds is 10. The lowest BCUT2D eigenvalue weighted by molar-refractivity contribution is 0.296. The number of ether oxygens (including phenoxy) is 1. The number of benzene rings is 1. The number of halogens is 1. The Hall–Kier alpha value is -0.280. The third-order valence-corrected chi connectivity index (χ3v) is 5.53. The third kappa shape index (κ3) is 6.56. The van der Waals surface area contributed by atoms with Gasteiger partial charge in [0.05, 0.1) is 6.61 Å². The first kappa shape index (κ1) is 18.8. The highest BCUT2D eigenvalue weighted by Gasteiger charge is 2.19. The second kappa shape index (κ2) is 9.68. The standard InChI is InChI=1S/C13H20BrNO4S2/c1-2-19-12-5-4-11(14)10-13(12)21(17,18)15-6-9-20-8-3-7-16/h4-5,10,15-16H,2-3,6-9H2,1H3. The molecule has 0 aliphatic heterocycles. The summed E-state index contributed by atoms with van der Waals surface area (Å²) in [7, 11) is -3.60. The van der Waals surface area contributed by atoms with E-state index >= 15 is 0 Å². The van der Waals surface area contributed by atoms with Gasteiger partial charge in [-0.25, -0.2) is 13.1 Å². The summed E-state index contributed by atoms with van der Waals surface area (Å²) in [6, 6.07) is 4.92. The van der Waals surface area contributed by atoms with Crippen LogP contribution in [0.15, 0.2) is 27.6 Å². The normalized spacial score (nSPS) is 11.6. The van der Waals surface area contributed by atoms with E-state index in [0.29, 0.717) is 29.1 Å². The Bertz CT molecular complexity index is 537. The lowest BCUT2D eigenvalue weighted by atomic mass is 10.3. The summed E-state index contributed by atoms with van der Waals surface area (Å²) in [5.74, 6) is 1.83. The number of thioether (sulfide) groups is 1. The van der Waals surface area contributed by atoms with Crippen molar-refractivity contribution < 1.29 is 18.3 Å².